The number of halogens is 2. The number of likely N-dealkylation sites (N-methyl/N-ethyl adjacent to an activating group) is 1. The summed E-state index contributed by atoms with van der Waals surface area (Å²) in [6.07, 6.45) is 5.08. The first-order chi connectivity index (χ1) is 9.08. The minimum atomic E-state index is -0.716. The zero-order chi connectivity index (χ0) is 13.8. The van der Waals surface area contributed by atoms with Gasteiger partial charge in [0.15, 0.2) is 5.82 Å². The molecule has 3 N–H and O–H groups in total. The smallest absolute Gasteiger partial charge is 0.151 e. The predicted molar refractivity (Wildman–Crippen MR) is 74.1 cm³/mol. The van der Waals surface area contributed by atoms with Gasteiger partial charge in [-0.2, -0.15) is 0 Å². The van der Waals surface area contributed by atoms with Crippen LogP contribution in [0.15, 0.2) is 12.1 Å². The van der Waals surface area contributed by atoms with Gasteiger partial charge in [0.2, 0.25) is 0 Å². The van der Waals surface area contributed by atoms with Crippen molar-refractivity contribution in [3.63, 3.8) is 0 Å². The number of nitrogens with zero attached hydrogens (tertiary/aromatic N) is 1. The van der Waals surface area contributed by atoms with Crippen molar-refractivity contribution in [2.45, 2.75) is 31.7 Å². The summed E-state index contributed by atoms with van der Waals surface area (Å²) in [6.45, 7) is 1.46. The van der Waals surface area contributed by atoms with Gasteiger partial charge in [-0.1, -0.05) is 12.8 Å². The van der Waals surface area contributed by atoms with Crippen molar-refractivity contribution in [2.24, 2.45) is 0 Å². The van der Waals surface area contributed by atoms with Gasteiger partial charge in [-0.05, 0) is 26.0 Å². The van der Waals surface area contributed by atoms with Crippen molar-refractivity contribution in [2.75, 3.05) is 31.2 Å². The molecule has 0 bridgehead atoms. The maximum absolute atomic E-state index is 13.3. The fraction of sp³-hybridized carbons (Fsp3) is 0.571. The number of hydrogen-bond donors (Lipinski definition) is 2. The summed E-state index contributed by atoms with van der Waals surface area (Å²) in [5.41, 5.74) is 5.88. The highest BCUT2D eigenvalue weighted by atomic mass is 19.1. The van der Waals surface area contributed by atoms with Crippen molar-refractivity contribution in [1.82, 2.24) is 4.90 Å². The van der Waals surface area contributed by atoms with E-state index >= 15 is 0 Å². The third-order valence-electron chi connectivity index (χ3n) is 3.82. The summed E-state index contributed by atoms with van der Waals surface area (Å²) in [4.78, 5) is 2.30. The number of nitrogens with one attached hydrogen (secondary N) is 1. The molecule has 106 valence electrons. The van der Waals surface area contributed by atoms with Gasteiger partial charge >= 0.3 is 0 Å². The first-order valence-electron chi connectivity index (χ1n) is 6.76. The first-order valence-corrected chi connectivity index (χ1v) is 6.76. The second-order valence-corrected chi connectivity index (χ2v) is 5.19. The van der Waals surface area contributed by atoms with E-state index in [1.165, 1.54) is 31.7 Å². The number of nitrogen functional groups attached to an aromatic ring is 1. The molecule has 1 fully saturated rings. The fourth-order valence-corrected chi connectivity index (χ4v) is 2.63. The zero-order valence-corrected chi connectivity index (χ0v) is 11.3. The van der Waals surface area contributed by atoms with Gasteiger partial charge in [0.1, 0.15) is 5.82 Å². The largest absolute Gasteiger partial charge is 0.395 e. The fourth-order valence-electron chi connectivity index (χ4n) is 2.63. The van der Waals surface area contributed by atoms with Gasteiger partial charge in [0.25, 0.3) is 0 Å². The van der Waals surface area contributed by atoms with Gasteiger partial charge in [-0.25, -0.2) is 8.78 Å². The molecule has 0 amide bonds. The lowest BCUT2D eigenvalue weighted by Gasteiger charge is -2.24. The van der Waals surface area contributed by atoms with Crippen molar-refractivity contribution in [1.29, 1.82) is 0 Å². The van der Waals surface area contributed by atoms with Crippen LogP contribution in [0.25, 0.3) is 0 Å². The molecule has 0 aromatic heterocycles. The Bertz CT molecular complexity index is 431. The molecule has 1 aromatic rings. The van der Waals surface area contributed by atoms with E-state index in [9.17, 15) is 8.78 Å². The second-order valence-electron chi connectivity index (χ2n) is 5.19. The molecule has 0 saturated heterocycles. The molecule has 0 heterocycles. The molecule has 1 aliphatic carbocycles. The summed E-state index contributed by atoms with van der Waals surface area (Å²) in [5, 5.41) is 3.00. The van der Waals surface area contributed by atoms with E-state index in [-0.39, 0.29) is 5.69 Å². The van der Waals surface area contributed by atoms with E-state index < -0.39 is 11.6 Å². The Morgan fingerprint density at radius 1 is 1.32 bits per heavy atom. The molecule has 0 radical (unpaired) electrons. The van der Waals surface area contributed by atoms with Crippen LogP contribution in [0.2, 0.25) is 0 Å². The lowest BCUT2D eigenvalue weighted by molar-refractivity contribution is 0.254. The average Bonchev–Trinajstić information content (AvgIpc) is 2.88. The highest BCUT2D eigenvalue weighted by molar-refractivity contribution is 5.66. The maximum atomic E-state index is 13.3. The van der Waals surface area contributed by atoms with E-state index in [4.69, 9.17) is 5.73 Å². The summed E-state index contributed by atoms with van der Waals surface area (Å²) in [5.74, 6) is -1.33. The molecule has 1 aromatic carbocycles. The number of benzene rings is 1. The molecule has 1 aliphatic rings. The van der Waals surface area contributed by atoms with Crippen molar-refractivity contribution in [3.8, 4) is 0 Å². The molecule has 3 nitrogen and oxygen atoms in total. The van der Waals surface area contributed by atoms with Gasteiger partial charge in [0, 0.05) is 25.2 Å². The molecule has 0 atom stereocenters. The Hall–Kier alpha value is -1.36. The van der Waals surface area contributed by atoms with E-state index in [1.807, 2.05) is 0 Å². The lowest BCUT2D eigenvalue weighted by atomic mass is 10.2. The number of anilines is 2. The van der Waals surface area contributed by atoms with Gasteiger partial charge in [-0.3, -0.25) is 0 Å². The minimum Gasteiger partial charge on any atom is -0.395 e. The maximum Gasteiger partial charge on any atom is 0.151 e. The molecule has 0 aliphatic heterocycles. The first kappa shape index (κ1) is 14.1. The second kappa shape index (κ2) is 6.19. The van der Waals surface area contributed by atoms with Crippen LogP contribution >= 0.6 is 0 Å². The standard InChI is InChI=1S/C14H21F2N3/c1-19(11-4-2-3-5-11)7-6-18-13-9-10(15)8-12(16)14(13)17/h8-9,11,18H,2-7,17H2,1H3. The SMILES string of the molecule is CN(CCNc1cc(F)cc(F)c1N)C1CCCC1. The van der Waals surface area contributed by atoms with Crippen LogP contribution in [0.1, 0.15) is 25.7 Å². The highest BCUT2D eigenvalue weighted by Crippen LogP contribution is 2.24. The Morgan fingerprint density at radius 2 is 2.00 bits per heavy atom. The van der Waals surface area contributed by atoms with Crippen LogP contribution in [0.5, 0.6) is 0 Å². The summed E-state index contributed by atoms with van der Waals surface area (Å²) in [6, 6.07) is 2.67. The molecular formula is C14H21F2N3. The van der Waals surface area contributed by atoms with Crippen LogP contribution in [0.3, 0.4) is 0 Å². The van der Waals surface area contributed by atoms with E-state index in [2.05, 4.69) is 17.3 Å². The van der Waals surface area contributed by atoms with Crippen molar-refractivity contribution < 1.29 is 8.78 Å². The highest BCUT2D eigenvalue weighted by Gasteiger charge is 2.18. The van der Waals surface area contributed by atoms with Crippen LogP contribution < -0.4 is 11.1 Å². The average molecular weight is 269 g/mol. The number of hydrogen-bond acceptors (Lipinski definition) is 3. The third kappa shape index (κ3) is 3.56. The van der Waals surface area contributed by atoms with E-state index in [0.717, 1.165) is 12.6 Å². The number of rotatable bonds is 5. The minimum absolute atomic E-state index is 0.0232. The summed E-state index contributed by atoms with van der Waals surface area (Å²) in [7, 11) is 2.09. The van der Waals surface area contributed by atoms with Gasteiger partial charge in [-0.15, -0.1) is 0 Å². The topological polar surface area (TPSA) is 41.3 Å². The lowest BCUT2D eigenvalue weighted by Crippen LogP contribution is -2.33. The van der Waals surface area contributed by atoms with Crippen LogP contribution in [0.4, 0.5) is 20.2 Å². The van der Waals surface area contributed by atoms with Crippen molar-refractivity contribution >= 4 is 11.4 Å². The quantitative estimate of drug-likeness (QED) is 0.808. The molecule has 19 heavy (non-hydrogen) atoms. The van der Waals surface area contributed by atoms with E-state index in [1.54, 1.807) is 0 Å². The van der Waals surface area contributed by atoms with E-state index in [0.29, 0.717) is 18.3 Å². The third-order valence-corrected chi connectivity index (χ3v) is 3.82. The predicted octanol–water partition coefficient (Wildman–Crippen LogP) is 2.83. The molecule has 0 spiro atoms. The molecular weight excluding hydrogens is 248 g/mol. The molecule has 1 saturated carbocycles. The Balaban J connectivity index is 1.85. The van der Waals surface area contributed by atoms with Gasteiger partial charge in [0.05, 0.1) is 11.4 Å². The Morgan fingerprint density at radius 3 is 2.68 bits per heavy atom. The Kier molecular flexibility index (Phi) is 4.58. The zero-order valence-electron chi connectivity index (χ0n) is 11.3. The monoisotopic (exact) mass is 269 g/mol. The van der Waals surface area contributed by atoms with Crippen LogP contribution in [-0.2, 0) is 0 Å². The Labute approximate surface area is 112 Å². The molecule has 2 rings (SSSR count). The summed E-state index contributed by atoms with van der Waals surface area (Å²) >= 11 is 0. The molecule has 5 heteroatoms. The van der Waals surface area contributed by atoms with Gasteiger partial charge < -0.3 is 16.0 Å². The number of nitrogens with two attached hydrogens (primary N) is 1. The van der Waals surface area contributed by atoms with Crippen LogP contribution in [0, 0.1) is 11.6 Å². The van der Waals surface area contributed by atoms with Crippen LogP contribution in [-0.4, -0.2) is 31.1 Å². The normalized spacial score (nSPS) is 16.2. The molecule has 0 unspecified atom stereocenters. The summed E-state index contributed by atoms with van der Waals surface area (Å²) < 4.78 is 26.3. The van der Waals surface area contributed by atoms with Crippen molar-refractivity contribution in [3.05, 3.63) is 23.8 Å².